The summed E-state index contributed by atoms with van der Waals surface area (Å²) in [6.07, 6.45) is 3.47. The molecule has 3 atom stereocenters. The molecule has 2 bridgehead atoms. The van der Waals surface area contributed by atoms with Crippen molar-refractivity contribution in [1.29, 1.82) is 0 Å². The highest BCUT2D eigenvalue weighted by Crippen LogP contribution is 2.35. The number of aliphatic hydroxyl groups excluding tert-OH is 1. The Kier molecular flexibility index (Phi) is 5.38. The summed E-state index contributed by atoms with van der Waals surface area (Å²) >= 11 is 0. The van der Waals surface area contributed by atoms with Crippen LogP contribution in [0.5, 0.6) is 5.88 Å². The lowest BCUT2D eigenvalue weighted by molar-refractivity contribution is 0.0385. The third-order valence-electron chi connectivity index (χ3n) is 5.50. The molecule has 2 aromatic heterocycles. The summed E-state index contributed by atoms with van der Waals surface area (Å²) in [5, 5.41) is 31.9. The Hall–Kier alpha value is -3.08. The number of aromatic nitrogens is 4. The number of carbonyl (C=O) groups is 1. The Bertz CT molecular complexity index is 860. The molecule has 2 aliphatic rings. The Balaban J connectivity index is 1.49. The molecule has 0 aromatic carbocycles. The second-order valence-electron chi connectivity index (χ2n) is 7.42. The molecule has 2 saturated heterocycles. The van der Waals surface area contributed by atoms with Gasteiger partial charge in [-0.15, -0.1) is 0 Å². The van der Waals surface area contributed by atoms with Crippen molar-refractivity contribution in [3.05, 3.63) is 17.8 Å². The van der Waals surface area contributed by atoms with Crippen molar-refractivity contribution in [3.63, 3.8) is 0 Å². The number of hydrogen-bond acceptors (Lipinski definition) is 8. The number of hydrogen-bond donors (Lipinski definition) is 5. The molecule has 156 valence electrons. The van der Waals surface area contributed by atoms with Gasteiger partial charge in [-0.2, -0.15) is 15.1 Å². The van der Waals surface area contributed by atoms with E-state index in [1.54, 1.807) is 17.0 Å². The fraction of sp³-hybridized carbons (Fsp3) is 0.556. The molecule has 4 rings (SSSR count). The zero-order chi connectivity index (χ0) is 20.4. The van der Waals surface area contributed by atoms with Crippen molar-refractivity contribution in [2.75, 3.05) is 17.7 Å². The highest BCUT2D eigenvalue weighted by atomic mass is 16.5. The van der Waals surface area contributed by atoms with E-state index < -0.39 is 6.09 Å². The standard InChI is InChI=1S/C18H25N7O4/c1-29-16-8-14(20-15-7-11(9-26)23-24-15)21-17(22-16)19-10-5-12-3-2-4-13(6-10)25(12)18(27)28/h7-8,10,12-13,26H,2-6,9H2,1H3,(H,27,28)(H3,19,20,21,22,23,24)/t10-,12+,13-. The van der Waals surface area contributed by atoms with E-state index >= 15 is 0 Å². The average molecular weight is 403 g/mol. The van der Waals surface area contributed by atoms with Crippen LogP contribution in [0, 0.1) is 0 Å². The zero-order valence-corrected chi connectivity index (χ0v) is 16.1. The van der Waals surface area contributed by atoms with Crippen LogP contribution in [0.15, 0.2) is 12.1 Å². The number of ether oxygens (including phenoxy) is 1. The van der Waals surface area contributed by atoms with Crippen LogP contribution in [0.25, 0.3) is 0 Å². The van der Waals surface area contributed by atoms with Gasteiger partial charge in [-0.25, -0.2) is 4.79 Å². The number of fused-ring (bicyclic) bond motifs is 2. The van der Waals surface area contributed by atoms with Gasteiger partial charge in [0, 0.05) is 30.3 Å². The minimum absolute atomic E-state index is 0.0293. The van der Waals surface area contributed by atoms with E-state index in [9.17, 15) is 9.90 Å². The quantitative estimate of drug-likeness (QED) is 0.487. The van der Waals surface area contributed by atoms with Crippen molar-refractivity contribution >= 4 is 23.7 Å². The largest absolute Gasteiger partial charge is 0.481 e. The van der Waals surface area contributed by atoms with Gasteiger partial charge in [-0.3, -0.25) is 5.10 Å². The molecule has 5 N–H and O–H groups in total. The van der Waals surface area contributed by atoms with Crippen molar-refractivity contribution in [3.8, 4) is 5.88 Å². The Labute approximate surface area is 167 Å². The number of H-pyrrole nitrogens is 1. The number of aliphatic hydroxyl groups is 1. The number of aromatic amines is 1. The van der Waals surface area contributed by atoms with Gasteiger partial charge >= 0.3 is 6.09 Å². The highest BCUT2D eigenvalue weighted by Gasteiger charge is 2.41. The molecule has 2 aromatic rings. The third kappa shape index (κ3) is 4.19. The first-order valence-electron chi connectivity index (χ1n) is 9.68. The number of amides is 1. The van der Waals surface area contributed by atoms with Crippen LogP contribution < -0.4 is 15.4 Å². The lowest BCUT2D eigenvalue weighted by Gasteiger charge is -2.47. The summed E-state index contributed by atoms with van der Waals surface area (Å²) < 4.78 is 5.29. The Morgan fingerprint density at radius 1 is 1.28 bits per heavy atom. The molecule has 0 radical (unpaired) electrons. The van der Waals surface area contributed by atoms with E-state index in [1.807, 2.05) is 0 Å². The van der Waals surface area contributed by atoms with E-state index in [-0.39, 0.29) is 24.7 Å². The first-order chi connectivity index (χ1) is 14.1. The first-order valence-corrected chi connectivity index (χ1v) is 9.68. The molecular formula is C18H25N7O4. The maximum Gasteiger partial charge on any atom is 0.407 e. The number of anilines is 3. The summed E-state index contributed by atoms with van der Waals surface area (Å²) in [4.78, 5) is 22.1. The lowest BCUT2D eigenvalue weighted by atomic mass is 9.82. The Morgan fingerprint density at radius 3 is 2.66 bits per heavy atom. The second-order valence-corrected chi connectivity index (χ2v) is 7.42. The van der Waals surface area contributed by atoms with Crippen LogP contribution in [0.3, 0.4) is 0 Å². The number of piperidine rings is 2. The fourth-order valence-electron chi connectivity index (χ4n) is 4.29. The van der Waals surface area contributed by atoms with Gasteiger partial charge in [-0.1, -0.05) is 0 Å². The summed E-state index contributed by atoms with van der Waals surface area (Å²) in [7, 11) is 1.53. The molecule has 2 aliphatic heterocycles. The monoisotopic (exact) mass is 403 g/mol. The third-order valence-corrected chi connectivity index (χ3v) is 5.50. The number of nitrogens with zero attached hydrogens (tertiary/aromatic N) is 4. The van der Waals surface area contributed by atoms with E-state index in [4.69, 9.17) is 9.84 Å². The molecule has 0 unspecified atom stereocenters. The summed E-state index contributed by atoms with van der Waals surface area (Å²) in [5.41, 5.74) is 0.587. The van der Waals surface area contributed by atoms with E-state index in [0.717, 1.165) is 32.1 Å². The second kappa shape index (κ2) is 8.11. The summed E-state index contributed by atoms with van der Waals surface area (Å²) in [6.45, 7) is -0.133. The van der Waals surface area contributed by atoms with Gasteiger partial charge in [0.1, 0.15) is 5.82 Å². The number of methoxy groups -OCH3 is 1. The van der Waals surface area contributed by atoms with E-state index in [0.29, 0.717) is 29.2 Å². The van der Waals surface area contributed by atoms with Gasteiger partial charge in [-0.05, 0) is 32.1 Å². The highest BCUT2D eigenvalue weighted by molar-refractivity contribution is 5.66. The maximum atomic E-state index is 11.6. The van der Waals surface area contributed by atoms with Gasteiger partial charge in [0.25, 0.3) is 0 Å². The van der Waals surface area contributed by atoms with Crippen molar-refractivity contribution < 1.29 is 19.7 Å². The van der Waals surface area contributed by atoms with Crippen LogP contribution in [-0.4, -0.2) is 66.6 Å². The molecule has 11 heteroatoms. The lowest BCUT2D eigenvalue weighted by Crippen LogP contribution is -2.56. The molecule has 2 fully saturated rings. The molecule has 0 spiro atoms. The summed E-state index contributed by atoms with van der Waals surface area (Å²) in [5.74, 6) is 1.83. The topological polar surface area (TPSA) is 149 Å². The Morgan fingerprint density at radius 2 is 2.03 bits per heavy atom. The molecule has 0 aliphatic carbocycles. The van der Waals surface area contributed by atoms with Crippen LogP contribution in [0.2, 0.25) is 0 Å². The smallest absolute Gasteiger partial charge is 0.407 e. The predicted molar refractivity (Wildman–Crippen MR) is 104 cm³/mol. The molecule has 29 heavy (non-hydrogen) atoms. The van der Waals surface area contributed by atoms with Crippen LogP contribution >= 0.6 is 0 Å². The SMILES string of the molecule is COc1cc(Nc2cc(CO)[nH]n2)nc(N[C@H]2C[C@H]3CCC[C@@H](C2)N3C(=O)O)n1. The van der Waals surface area contributed by atoms with Crippen molar-refractivity contribution in [1.82, 2.24) is 25.1 Å². The minimum atomic E-state index is -0.830. The molecular weight excluding hydrogens is 378 g/mol. The molecule has 0 saturated carbocycles. The number of nitrogens with one attached hydrogen (secondary N) is 3. The summed E-state index contributed by atoms with van der Waals surface area (Å²) in [6, 6.07) is 3.49. The normalized spacial score (nSPS) is 23.5. The van der Waals surface area contributed by atoms with Gasteiger partial charge in [0.15, 0.2) is 5.82 Å². The van der Waals surface area contributed by atoms with E-state index in [1.165, 1.54) is 7.11 Å². The first kappa shape index (κ1) is 19.2. The van der Waals surface area contributed by atoms with Gasteiger partial charge in [0.05, 0.1) is 19.4 Å². The number of carboxylic acid groups (broad SMARTS) is 1. The fourth-order valence-corrected chi connectivity index (χ4v) is 4.29. The molecule has 4 heterocycles. The average Bonchev–Trinajstić information content (AvgIpc) is 3.14. The van der Waals surface area contributed by atoms with Crippen molar-refractivity contribution in [2.45, 2.75) is 56.8 Å². The van der Waals surface area contributed by atoms with E-state index in [2.05, 4.69) is 30.8 Å². The number of rotatable bonds is 6. The van der Waals surface area contributed by atoms with Crippen LogP contribution in [-0.2, 0) is 6.61 Å². The molecule has 1 amide bonds. The van der Waals surface area contributed by atoms with Gasteiger partial charge < -0.3 is 30.5 Å². The van der Waals surface area contributed by atoms with Crippen molar-refractivity contribution in [2.24, 2.45) is 0 Å². The zero-order valence-electron chi connectivity index (χ0n) is 16.1. The maximum absolute atomic E-state index is 11.6. The predicted octanol–water partition coefficient (Wildman–Crippen LogP) is 1.92. The minimum Gasteiger partial charge on any atom is -0.481 e. The molecule has 11 nitrogen and oxygen atoms in total. The van der Waals surface area contributed by atoms with Crippen LogP contribution in [0.1, 0.15) is 37.8 Å². The van der Waals surface area contributed by atoms with Gasteiger partial charge in [0.2, 0.25) is 11.8 Å². The van der Waals surface area contributed by atoms with Crippen LogP contribution in [0.4, 0.5) is 22.4 Å².